The third-order valence-electron chi connectivity index (χ3n) is 4.72. The van der Waals surface area contributed by atoms with Gasteiger partial charge in [0, 0.05) is 11.4 Å². The molecular formula is C24H20N4OS. The Morgan fingerprint density at radius 3 is 2.40 bits per heavy atom. The lowest BCUT2D eigenvalue weighted by Gasteiger charge is -2.12. The molecule has 0 fully saturated rings. The summed E-state index contributed by atoms with van der Waals surface area (Å²) in [5, 5.41) is 18.8. The lowest BCUT2D eigenvalue weighted by Crippen LogP contribution is -2.01. The van der Waals surface area contributed by atoms with E-state index in [2.05, 4.69) is 52.0 Å². The summed E-state index contributed by atoms with van der Waals surface area (Å²) in [7, 11) is 1.66. The fourth-order valence-electron chi connectivity index (χ4n) is 3.12. The van der Waals surface area contributed by atoms with Crippen molar-refractivity contribution in [2.75, 3.05) is 7.11 Å². The highest BCUT2D eigenvalue weighted by molar-refractivity contribution is 7.98. The Morgan fingerprint density at radius 2 is 1.70 bits per heavy atom. The van der Waals surface area contributed by atoms with Crippen molar-refractivity contribution in [3.8, 4) is 28.9 Å². The van der Waals surface area contributed by atoms with Gasteiger partial charge in [-0.15, -0.1) is 10.2 Å². The highest BCUT2D eigenvalue weighted by Crippen LogP contribution is 2.34. The van der Waals surface area contributed by atoms with E-state index in [0.29, 0.717) is 5.56 Å². The molecule has 0 saturated heterocycles. The summed E-state index contributed by atoms with van der Waals surface area (Å²) in [6, 6.07) is 25.9. The van der Waals surface area contributed by atoms with Crippen LogP contribution in [0.2, 0.25) is 0 Å². The summed E-state index contributed by atoms with van der Waals surface area (Å²) in [4.78, 5) is 0. The second kappa shape index (κ2) is 8.85. The molecule has 0 spiro atoms. The van der Waals surface area contributed by atoms with E-state index in [4.69, 9.17) is 10.00 Å². The quantitative estimate of drug-likeness (QED) is 0.396. The van der Waals surface area contributed by atoms with Crippen LogP contribution in [0.25, 0.3) is 17.1 Å². The maximum absolute atomic E-state index is 8.99. The van der Waals surface area contributed by atoms with Gasteiger partial charge in [0.05, 0.1) is 24.3 Å². The number of ether oxygens (including phenoxy) is 1. The predicted molar refractivity (Wildman–Crippen MR) is 119 cm³/mol. The van der Waals surface area contributed by atoms with Crippen LogP contribution in [0.1, 0.15) is 16.7 Å². The van der Waals surface area contributed by atoms with Crippen LogP contribution in [0.4, 0.5) is 0 Å². The molecule has 0 bridgehead atoms. The first-order chi connectivity index (χ1) is 14.7. The average molecular weight is 413 g/mol. The summed E-state index contributed by atoms with van der Waals surface area (Å²) in [5.41, 5.74) is 4.85. The van der Waals surface area contributed by atoms with Gasteiger partial charge in [-0.3, -0.25) is 4.57 Å². The zero-order valence-electron chi connectivity index (χ0n) is 16.7. The molecule has 6 heteroatoms. The minimum atomic E-state index is 0.657. The number of benzene rings is 3. The van der Waals surface area contributed by atoms with Crippen molar-refractivity contribution in [3.63, 3.8) is 0 Å². The largest absolute Gasteiger partial charge is 0.496 e. The van der Waals surface area contributed by atoms with Gasteiger partial charge in [0.1, 0.15) is 5.75 Å². The number of nitriles is 1. The van der Waals surface area contributed by atoms with Crippen molar-refractivity contribution >= 4 is 11.8 Å². The Morgan fingerprint density at radius 1 is 0.967 bits per heavy atom. The summed E-state index contributed by atoms with van der Waals surface area (Å²) in [6.45, 7) is 2.07. The molecular weight excluding hydrogens is 392 g/mol. The normalized spacial score (nSPS) is 10.6. The van der Waals surface area contributed by atoms with Crippen LogP contribution < -0.4 is 4.74 Å². The van der Waals surface area contributed by atoms with Crippen molar-refractivity contribution in [3.05, 3.63) is 89.5 Å². The van der Waals surface area contributed by atoms with Gasteiger partial charge in [0.15, 0.2) is 11.0 Å². The summed E-state index contributed by atoms with van der Waals surface area (Å²) in [5.74, 6) is 2.21. The molecule has 0 amide bonds. The second-order valence-corrected chi connectivity index (χ2v) is 7.72. The van der Waals surface area contributed by atoms with Crippen LogP contribution in [0, 0.1) is 18.3 Å². The van der Waals surface area contributed by atoms with E-state index in [1.54, 1.807) is 18.9 Å². The number of nitrogens with zero attached hydrogens (tertiary/aromatic N) is 4. The van der Waals surface area contributed by atoms with Gasteiger partial charge in [0.25, 0.3) is 0 Å². The molecule has 0 N–H and O–H groups in total. The maximum Gasteiger partial charge on any atom is 0.196 e. The van der Waals surface area contributed by atoms with E-state index in [0.717, 1.165) is 39.3 Å². The van der Waals surface area contributed by atoms with Crippen molar-refractivity contribution < 1.29 is 4.74 Å². The number of hydrogen-bond donors (Lipinski definition) is 0. The summed E-state index contributed by atoms with van der Waals surface area (Å²) < 4.78 is 7.62. The van der Waals surface area contributed by atoms with Crippen LogP contribution in [-0.4, -0.2) is 21.9 Å². The van der Waals surface area contributed by atoms with E-state index in [1.165, 1.54) is 5.56 Å². The summed E-state index contributed by atoms with van der Waals surface area (Å²) in [6.07, 6.45) is 0. The molecule has 148 valence electrons. The molecule has 0 radical (unpaired) electrons. The van der Waals surface area contributed by atoms with Gasteiger partial charge in [-0.25, -0.2) is 0 Å². The molecule has 0 aliphatic rings. The van der Waals surface area contributed by atoms with E-state index in [-0.39, 0.29) is 0 Å². The lowest BCUT2D eigenvalue weighted by molar-refractivity contribution is 0.416. The SMILES string of the molecule is COc1ccccc1-c1nnc(SCc2ccc(C#N)cc2)n1-c1ccc(C)cc1. The predicted octanol–water partition coefficient (Wildman–Crippen LogP) is 5.42. The maximum atomic E-state index is 8.99. The molecule has 5 nitrogen and oxygen atoms in total. The minimum absolute atomic E-state index is 0.657. The van der Waals surface area contributed by atoms with Crippen molar-refractivity contribution in [2.45, 2.75) is 17.8 Å². The van der Waals surface area contributed by atoms with E-state index in [9.17, 15) is 0 Å². The first kappa shape index (κ1) is 19.7. The molecule has 0 saturated carbocycles. The van der Waals surface area contributed by atoms with Gasteiger partial charge >= 0.3 is 0 Å². The number of thioether (sulfide) groups is 1. The zero-order chi connectivity index (χ0) is 20.9. The minimum Gasteiger partial charge on any atom is -0.496 e. The van der Waals surface area contributed by atoms with Crippen LogP contribution in [0.15, 0.2) is 78.0 Å². The molecule has 4 rings (SSSR count). The standard InChI is InChI=1S/C24H20N4OS/c1-17-7-13-20(14-8-17)28-23(21-5-3-4-6-22(21)29-2)26-27-24(28)30-16-19-11-9-18(15-25)10-12-19/h3-14H,16H2,1-2H3. The molecule has 1 aromatic heterocycles. The molecule has 1 heterocycles. The molecule has 3 aromatic carbocycles. The Bertz CT molecular complexity index is 1190. The third-order valence-corrected chi connectivity index (χ3v) is 5.72. The molecule has 4 aromatic rings. The topological polar surface area (TPSA) is 63.7 Å². The highest BCUT2D eigenvalue weighted by Gasteiger charge is 2.19. The smallest absolute Gasteiger partial charge is 0.196 e. The third kappa shape index (κ3) is 4.07. The van der Waals surface area contributed by atoms with Gasteiger partial charge < -0.3 is 4.74 Å². The van der Waals surface area contributed by atoms with Crippen LogP contribution in [0.3, 0.4) is 0 Å². The van der Waals surface area contributed by atoms with Crippen molar-refractivity contribution in [2.24, 2.45) is 0 Å². The number of aryl methyl sites for hydroxylation is 1. The Balaban J connectivity index is 1.74. The fourth-order valence-corrected chi connectivity index (χ4v) is 4.02. The number of hydrogen-bond acceptors (Lipinski definition) is 5. The Kier molecular flexibility index (Phi) is 5.82. The van der Waals surface area contributed by atoms with Gasteiger partial charge in [-0.05, 0) is 48.9 Å². The van der Waals surface area contributed by atoms with E-state index in [1.807, 2.05) is 48.5 Å². The molecule has 0 atom stereocenters. The number of aromatic nitrogens is 3. The lowest BCUT2D eigenvalue weighted by atomic mass is 10.1. The first-order valence-corrected chi connectivity index (χ1v) is 10.5. The Hall–Kier alpha value is -3.56. The molecule has 0 aliphatic carbocycles. The van der Waals surface area contributed by atoms with Crippen LogP contribution in [0.5, 0.6) is 5.75 Å². The zero-order valence-corrected chi connectivity index (χ0v) is 17.6. The Labute approximate surface area is 180 Å². The average Bonchev–Trinajstić information content (AvgIpc) is 3.22. The van der Waals surface area contributed by atoms with Gasteiger partial charge in [-0.1, -0.05) is 53.7 Å². The van der Waals surface area contributed by atoms with Crippen molar-refractivity contribution in [1.29, 1.82) is 5.26 Å². The van der Waals surface area contributed by atoms with Crippen LogP contribution >= 0.6 is 11.8 Å². The second-order valence-electron chi connectivity index (χ2n) is 6.77. The monoisotopic (exact) mass is 412 g/mol. The number of methoxy groups -OCH3 is 1. The van der Waals surface area contributed by atoms with Crippen LogP contribution in [-0.2, 0) is 5.75 Å². The van der Waals surface area contributed by atoms with Crippen molar-refractivity contribution in [1.82, 2.24) is 14.8 Å². The number of para-hydroxylation sites is 1. The van der Waals surface area contributed by atoms with E-state index < -0.39 is 0 Å². The van der Waals surface area contributed by atoms with Gasteiger partial charge in [-0.2, -0.15) is 5.26 Å². The molecule has 0 unspecified atom stereocenters. The highest BCUT2D eigenvalue weighted by atomic mass is 32.2. The summed E-state index contributed by atoms with van der Waals surface area (Å²) >= 11 is 1.61. The fraction of sp³-hybridized carbons (Fsp3) is 0.125. The molecule has 30 heavy (non-hydrogen) atoms. The number of rotatable bonds is 6. The van der Waals surface area contributed by atoms with Gasteiger partial charge in [0.2, 0.25) is 0 Å². The van der Waals surface area contributed by atoms with E-state index >= 15 is 0 Å². The molecule has 0 aliphatic heterocycles. The first-order valence-electron chi connectivity index (χ1n) is 9.47.